The number of amides is 1. The molecule has 23 heavy (non-hydrogen) atoms. The van der Waals surface area contributed by atoms with Crippen LogP contribution in [-0.2, 0) is 14.8 Å². The third-order valence-electron chi connectivity index (χ3n) is 4.67. The Kier molecular flexibility index (Phi) is 8.50. The first-order valence-electron chi connectivity index (χ1n) is 8.81. The van der Waals surface area contributed by atoms with Gasteiger partial charge >= 0.3 is 0 Å². The van der Waals surface area contributed by atoms with Crippen molar-refractivity contribution in [2.45, 2.75) is 40.5 Å². The number of sulfonamides is 1. The van der Waals surface area contributed by atoms with Crippen LogP contribution < -0.4 is 5.32 Å². The molecule has 0 aromatic heterocycles. The fraction of sp³-hybridized carbons (Fsp3) is 0.938. The second-order valence-electron chi connectivity index (χ2n) is 6.41. The summed E-state index contributed by atoms with van der Waals surface area (Å²) in [6, 6.07) is 0. The number of piperidine rings is 1. The Morgan fingerprint density at radius 3 is 2.26 bits per heavy atom. The number of hydrogen-bond acceptors (Lipinski definition) is 4. The van der Waals surface area contributed by atoms with Crippen molar-refractivity contribution in [1.29, 1.82) is 0 Å². The van der Waals surface area contributed by atoms with Gasteiger partial charge in [-0.25, -0.2) is 12.7 Å². The average Bonchev–Trinajstić information content (AvgIpc) is 2.57. The van der Waals surface area contributed by atoms with Gasteiger partial charge in [-0.05, 0) is 38.8 Å². The van der Waals surface area contributed by atoms with E-state index in [9.17, 15) is 13.2 Å². The van der Waals surface area contributed by atoms with E-state index < -0.39 is 10.0 Å². The number of nitrogens with zero attached hydrogens (tertiary/aromatic N) is 2. The fourth-order valence-corrected chi connectivity index (χ4v) is 4.12. The molecular weight excluding hydrogens is 314 g/mol. The van der Waals surface area contributed by atoms with Crippen LogP contribution in [0.1, 0.15) is 40.5 Å². The van der Waals surface area contributed by atoms with Crippen molar-refractivity contribution in [1.82, 2.24) is 14.5 Å². The van der Waals surface area contributed by atoms with Crippen LogP contribution in [0, 0.1) is 11.8 Å². The lowest BCUT2D eigenvalue weighted by Crippen LogP contribution is -2.44. The minimum absolute atomic E-state index is 0.0565. The molecule has 0 bridgehead atoms. The van der Waals surface area contributed by atoms with Gasteiger partial charge in [-0.2, -0.15) is 0 Å². The fourth-order valence-electron chi connectivity index (χ4n) is 2.99. The lowest BCUT2D eigenvalue weighted by Gasteiger charge is -2.30. The van der Waals surface area contributed by atoms with Gasteiger partial charge in [-0.1, -0.05) is 20.8 Å². The molecule has 0 aliphatic carbocycles. The highest BCUT2D eigenvalue weighted by molar-refractivity contribution is 7.89. The van der Waals surface area contributed by atoms with E-state index in [2.05, 4.69) is 31.0 Å². The predicted octanol–water partition coefficient (Wildman–Crippen LogP) is 1.14. The maximum atomic E-state index is 12.3. The molecule has 7 heteroatoms. The van der Waals surface area contributed by atoms with Gasteiger partial charge in [0.05, 0.1) is 5.75 Å². The smallest absolute Gasteiger partial charge is 0.223 e. The van der Waals surface area contributed by atoms with E-state index in [4.69, 9.17) is 0 Å². The molecule has 0 saturated carbocycles. The molecule has 0 aromatic carbocycles. The van der Waals surface area contributed by atoms with Crippen molar-refractivity contribution in [3.63, 3.8) is 0 Å². The van der Waals surface area contributed by atoms with Gasteiger partial charge in [0.25, 0.3) is 0 Å². The molecule has 136 valence electrons. The van der Waals surface area contributed by atoms with Crippen LogP contribution in [0.15, 0.2) is 0 Å². The average molecular weight is 348 g/mol. The molecule has 1 saturated heterocycles. The topological polar surface area (TPSA) is 69.7 Å². The van der Waals surface area contributed by atoms with Crippen LogP contribution in [0.3, 0.4) is 0 Å². The predicted molar refractivity (Wildman–Crippen MR) is 93.7 cm³/mol. The van der Waals surface area contributed by atoms with Gasteiger partial charge in [0.1, 0.15) is 0 Å². The number of carbonyl (C=O) groups is 1. The third kappa shape index (κ3) is 6.39. The van der Waals surface area contributed by atoms with Crippen LogP contribution in [0.2, 0.25) is 0 Å². The van der Waals surface area contributed by atoms with Crippen molar-refractivity contribution in [3.8, 4) is 0 Å². The van der Waals surface area contributed by atoms with Crippen LogP contribution >= 0.6 is 0 Å². The molecule has 0 spiro atoms. The van der Waals surface area contributed by atoms with Gasteiger partial charge in [0.15, 0.2) is 0 Å². The highest BCUT2D eigenvalue weighted by atomic mass is 32.2. The van der Waals surface area contributed by atoms with Gasteiger partial charge in [0, 0.05) is 32.1 Å². The Morgan fingerprint density at radius 1 is 1.22 bits per heavy atom. The zero-order valence-corrected chi connectivity index (χ0v) is 15.9. The summed E-state index contributed by atoms with van der Waals surface area (Å²) >= 11 is 0. The standard InChI is InChI=1S/C16H33N3O3S/c1-5-18(6-2)13-14(4)12-17-16(20)15-8-10-19(11-9-15)23(21,22)7-3/h14-15H,5-13H2,1-4H3,(H,17,20)/t14-/m0/s1. The SMILES string of the molecule is CCN(CC)C[C@@H](C)CNC(=O)C1CCN(S(=O)(=O)CC)CC1. The van der Waals surface area contributed by atoms with Gasteiger partial charge < -0.3 is 10.2 Å². The molecule has 0 radical (unpaired) electrons. The van der Waals surface area contributed by atoms with Crippen LogP contribution in [0.4, 0.5) is 0 Å². The molecular formula is C16H33N3O3S. The van der Waals surface area contributed by atoms with E-state index in [1.165, 1.54) is 4.31 Å². The van der Waals surface area contributed by atoms with Crippen molar-refractivity contribution >= 4 is 15.9 Å². The Hall–Kier alpha value is -0.660. The van der Waals surface area contributed by atoms with Crippen LogP contribution in [0.25, 0.3) is 0 Å². The monoisotopic (exact) mass is 347 g/mol. The first kappa shape index (κ1) is 20.4. The van der Waals surface area contributed by atoms with Crippen molar-refractivity contribution in [2.75, 3.05) is 45.0 Å². The molecule has 1 N–H and O–H groups in total. The van der Waals surface area contributed by atoms with E-state index in [1.54, 1.807) is 6.92 Å². The second-order valence-corrected chi connectivity index (χ2v) is 8.67. The van der Waals surface area contributed by atoms with Gasteiger partial charge in [-0.3, -0.25) is 4.79 Å². The molecule has 1 aliphatic heterocycles. The van der Waals surface area contributed by atoms with Crippen molar-refractivity contribution in [3.05, 3.63) is 0 Å². The number of hydrogen-bond donors (Lipinski definition) is 1. The first-order valence-corrected chi connectivity index (χ1v) is 10.4. The molecule has 1 amide bonds. The lowest BCUT2D eigenvalue weighted by molar-refractivity contribution is -0.126. The van der Waals surface area contributed by atoms with E-state index in [0.717, 1.165) is 19.6 Å². The Morgan fingerprint density at radius 2 is 1.78 bits per heavy atom. The molecule has 1 aliphatic rings. The van der Waals surface area contributed by atoms with Crippen LogP contribution in [-0.4, -0.2) is 68.6 Å². The van der Waals surface area contributed by atoms with E-state index in [-0.39, 0.29) is 17.6 Å². The van der Waals surface area contributed by atoms with Gasteiger partial charge in [-0.15, -0.1) is 0 Å². The molecule has 0 aromatic rings. The Bertz CT molecular complexity index is 455. The minimum Gasteiger partial charge on any atom is -0.356 e. The summed E-state index contributed by atoms with van der Waals surface area (Å²) in [5, 5.41) is 3.04. The van der Waals surface area contributed by atoms with E-state index >= 15 is 0 Å². The largest absolute Gasteiger partial charge is 0.356 e. The zero-order chi connectivity index (χ0) is 17.5. The second kappa shape index (κ2) is 9.59. The maximum Gasteiger partial charge on any atom is 0.223 e. The van der Waals surface area contributed by atoms with Crippen molar-refractivity contribution in [2.24, 2.45) is 11.8 Å². The summed E-state index contributed by atoms with van der Waals surface area (Å²) in [4.78, 5) is 14.6. The van der Waals surface area contributed by atoms with E-state index in [0.29, 0.717) is 38.4 Å². The summed E-state index contributed by atoms with van der Waals surface area (Å²) in [5.74, 6) is 0.565. The minimum atomic E-state index is -3.12. The lowest BCUT2D eigenvalue weighted by atomic mass is 9.97. The molecule has 1 fully saturated rings. The first-order chi connectivity index (χ1) is 10.8. The molecule has 1 heterocycles. The molecule has 1 atom stereocenters. The number of carbonyl (C=O) groups excluding carboxylic acids is 1. The van der Waals surface area contributed by atoms with Crippen molar-refractivity contribution < 1.29 is 13.2 Å². The summed E-state index contributed by atoms with van der Waals surface area (Å²) < 4.78 is 25.2. The number of rotatable bonds is 9. The molecule has 0 unspecified atom stereocenters. The summed E-state index contributed by atoms with van der Waals surface area (Å²) in [7, 11) is -3.12. The molecule has 6 nitrogen and oxygen atoms in total. The third-order valence-corrected chi connectivity index (χ3v) is 6.55. The summed E-state index contributed by atoms with van der Waals surface area (Å²) in [6.45, 7) is 12.7. The van der Waals surface area contributed by atoms with Gasteiger partial charge in [0.2, 0.25) is 15.9 Å². The summed E-state index contributed by atoms with van der Waals surface area (Å²) in [5.41, 5.74) is 0. The maximum absolute atomic E-state index is 12.3. The summed E-state index contributed by atoms with van der Waals surface area (Å²) in [6.07, 6.45) is 1.24. The Labute approximate surface area is 141 Å². The highest BCUT2D eigenvalue weighted by Crippen LogP contribution is 2.20. The number of nitrogens with one attached hydrogen (secondary N) is 1. The Balaban J connectivity index is 2.34. The zero-order valence-electron chi connectivity index (χ0n) is 15.0. The normalized spacial score (nSPS) is 19.0. The molecule has 1 rings (SSSR count). The quantitative estimate of drug-likeness (QED) is 0.679. The van der Waals surface area contributed by atoms with Crippen LogP contribution in [0.5, 0.6) is 0 Å². The van der Waals surface area contributed by atoms with E-state index in [1.807, 2.05) is 0 Å². The highest BCUT2D eigenvalue weighted by Gasteiger charge is 2.30.